The molecule has 0 unspecified atom stereocenters. The average molecular weight is 344 g/mol. The Labute approximate surface area is 142 Å². The number of amides is 2. The number of carbonyl (C=O) groups is 3. The van der Waals surface area contributed by atoms with Gasteiger partial charge in [-0.05, 0) is 54.0 Å². The molecule has 0 aromatic heterocycles. The predicted molar refractivity (Wildman–Crippen MR) is 88.0 cm³/mol. The third kappa shape index (κ3) is 7.45. The Hall–Kier alpha value is -2.09. The molecule has 0 spiro atoms. The summed E-state index contributed by atoms with van der Waals surface area (Å²) in [6.07, 6.45) is -0.799. The first-order chi connectivity index (χ1) is 10.7. The third-order valence-corrected chi connectivity index (χ3v) is 2.77. The first-order valence-electron chi connectivity index (χ1n) is 7.47. The zero-order valence-electron chi connectivity index (χ0n) is 15.6. The fourth-order valence-corrected chi connectivity index (χ4v) is 1.66. The second kappa shape index (κ2) is 8.14. The van der Waals surface area contributed by atoms with Crippen LogP contribution in [0.5, 0.6) is 0 Å². The van der Waals surface area contributed by atoms with Crippen molar-refractivity contribution in [1.29, 1.82) is 0 Å². The normalized spacial score (nSPS) is 12.7. The Morgan fingerprint density at radius 1 is 1.04 bits per heavy atom. The quantitative estimate of drug-likeness (QED) is 0.511. The molecule has 0 aliphatic rings. The lowest BCUT2D eigenvalue weighted by Crippen LogP contribution is -2.55. The molecule has 8 nitrogen and oxygen atoms in total. The zero-order valence-corrected chi connectivity index (χ0v) is 15.6. The number of nitrogens with one attached hydrogen (secondary N) is 2. The minimum atomic E-state index is -1.55. The van der Waals surface area contributed by atoms with Crippen molar-refractivity contribution >= 4 is 18.0 Å². The maximum absolute atomic E-state index is 12.4. The van der Waals surface area contributed by atoms with E-state index in [0.29, 0.717) is 5.57 Å². The summed E-state index contributed by atoms with van der Waals surface area (Å²) in [5.41, 5.74) is -1.85. The van der Waals surface area contributed by atoms with Crippen LogP contribution in [-0.4, -0.2) is 47.4 Å². The molecule has 0 aliphatic carbocycles. The summed E-state index contributed by atoms with van der Waals surface area (Å²) in [6, 6.07) is -1.30. The topological polar surface area (TPSA) is 114 Å². The van der Waals surface area contributed by atoms with Crippen LogP contribution in [0, 0.1) is 0 Å². The maximum atomic E-state index is 12.4. The Bertz CT molecular complexity index is 522. The number of carbonyl (C=O) groups excluding carboxylic acids is 3. The van der Waals surface area contributed by atoms with Gasteiger partial charge in [-0.15, -0.1) is 0 Å². The van der Waals surface area contributed by atoms with E-state index in [-0.39, 0.29) is 5.70 Å². The zero-order chi connectivity index (χ0) is 19.3. The van der Waals surface area contributed by atoms with Crippen molar-refractivity contribution in [2.75, 3.05) is 7.11 Å². The van der Waals surface area contributed by atoms with Crippen molar-refractivity contribution in [2.45, 2.75) is 65.7 Å². The fourth-order valence-electron chi connectivity index (χ4n) is 1.66. The van der Waals surface area contributed by atoms with E-state index in [1.165, 1.54) is 13.8 Å². The number of ether oxygens (including phenoxy) is 2. The van der Waals surface area contributed by atoms with Gasteiger partial charge in [0, 0.05) is 0 Å². The maximum Gasteiger partial charge on any atom is 0.412 e. The van der Waals surface area contributed by atoms with Crippen LogP contribution in [-0.2, 0) is 19.1 Å². The number of aliphatic hydroxyl groups is 1. The number of hydrogen-bond acceptors (Lipinski definition) is 6. The highest BCUT2D eigenvalue weighted by Crippen LogP contribution is 2.12. The number of esters is 1. The van der Waals surface area contributed by atoms with Crippen molar-refractivity contribution in [2.24, 2.45) is 0 Å². The van der Waals surface area contributed by atoms with E-state index in [1.807, 2.05) is 0 Å². The molecule has 3 N–H and O–H groups in total. The smallest absolute Gasteiger partial charge is 0.412 e. The van der Waals surface area contributed by atoms with Gasteiger partial charge in [-0.25, -0.2) is 9.59 Å². The number of hydrogen-bond donors (Lipinski definition) is 3. The summed E-state index contributed by atoms with van der Waals surface area (Å²) in [4.78, 5) is 36.0. The molecule has 0 bridgehead atoms. The van der Waals surface area contributed by atoms with Gasteiger partial charge in [0.05, 0.1) is 12.7 Å². The van der Waals surface area contributed by atoms with Crippen LogP contribution in [0.4, 0.5) is 4.79 Å². The molecule has 1 atom stereocenters. The molecule has 138 valence electrons. The minimum Gasteiger partial charge on any atom is -0.467 e. The van der Waals surface area contributed by atoms with Crippen LogP contribution in [0.25, 0.3) is 0 Å². The van der Waals surface area contributed by atoms with E-state index < -0.39 is 35.2 Å². The molecule has 2 amide bonds. The van der Waals surface area contributed by atoms with Crippen molar-refractivity contribution in [3.63, 3.8) is 0 Å². The van der Waals surface area contributed by atoms with Gasteiger partial charge in [0.25, 0.3) is 5.91 Å². The highest BCUT2D eigenvalue weighted by atomic mass is 16.6. The van der Waals surface area contributed by atoms with E-state index in [9.17, 15) is 19.5 Å². The Balaban J connectivity index is 5.29. The van der Waals surface area contributed by atoms with E-state index in [4.69, 9.17) is 4.74 Å². The van der Waals surface area contributed by atoms with Gasteiger partial charge < -0.3 is 19.9 Å². The van der Waals surface area contributed by atoms with Crippen molar-refractivity contribution in [3.8, 4) is 0 Å². The van der Waals surface area contributed by atoms with E-state index >= 15 is 0 Å². The SMILES string of the molecule is COC(=O)[C@@H](NC(=O)C(NC(=O)OC(C)(C)C)=C(C)C)C(C)(C)O. The van der Waals surface area contributed by atoms with Crippen LogP contribution >= 0.6 is 0 Å². The number of alkyl carbamates (subject to hydrolysis) is 1. The monoisotopic (exact) mass is 344 g/mol. The summed E-state index contributed by atoms with van der Waals surface area (Å²) >= 11 is 0. The Morgan fingerprint density at radius 3 is 1.88 bits per heavy atom. The van der Waals surface area contributed by atoms with Crippen LogP contribution in [0.1, 0.15) is 48.5 Å². The molecule has 0 radical (unpaired) electrons. The van der Waals surface area contributed by atoms with Gasteiger partial charge in [-0.3, -0.25) is 10.1 Å². The minimum absolute atomic E-state index is 0.0672. The molecule has 0 aromatic carbocycles. The van der Waals surface area contributed by atoms with Gasteiger partial charge in [-0.1, -0.05) is 0 Å². The molecule has 0 heterocycles. The van der Waals surface area contributed by atoms with Crippen LogP contribution in [0.15, 0.2) is 11.3 Å². The molecule has 0 aliphatic heterocycles. The molecule has 0 saturated heterocycles. The lowest BCUT2D eigenvalue weighted by Gasteiger charge is -2.28. The molecule has 24 heavy (non-hydrogen) atoms. The largest absolute Gasteiger partial charge is 0.467 e. The molecular formula is C16H28N2O6. The molecule has 0 aromatic rings. The molecule has 0 rings (SSSR count). The van der Waals surface area contributed by atoms with Gasteiger partial charge in [-0.2, -0.15) is 0 Å². The molecule has 0 saturated carbocycles. The Morgan fingerprint density at radius 2 is 1.54 bits per heavy atom. The lowest BCUT2D eigenvalue weighted by atomic mass is 9.98. The first kappa shape index (κ1) is 21.9. The van der Waals surface area contributed by atoms with E-state index in [1.54, 1.807) is 34.6 Å². The summed E-state index contributed by atoms with van der Waals surface area (Å²) in [5, 5.41) is 14.8. The van der Waals surface area contributed by atoms with Crippen molar-refractivity contribution < 1.29 is 29.0 Å². The van der Waals surface area contributed by atoms with Crippen LogP contribution in [0.3, 0.4) is 0 Å². The standard InChI is InChI=1S/C16H28N2O6/c1-9(2)10(17-14(21)24-15(3,4)5)12(19)18-11(13(20)23-8)16(6,7)22/h11,22H,1-8H3,(H,17,21)(H,18,19)/t11-/m1/s1. The number of rotatable bonds is 5. The third-order valence-electron chi connectivity index (χ3n) is 2.77. The van der Waals surface area contributed by atoms with Crippen molar-refractivity contribution in [1.82, 2.24) is 10.6 Å². The number of methoxy groups -OCH3 is 1. The second-order valence-corrected chi connectivity index (χ2v) is 7.09. The average Bonchev–Trinajstić information content (AvgIpc) is 2.37. The second-order valence-electron chi connectivity index (χ2n) is 7.09. The fraction of sp³-hybridized carbons (Fsp3) is 0.688. The van der Waals surface area contributed by atoms with Gasteiger partial charge in [0.1, 0.15) is 11.3 Å². The lowest BCUT2D eigenvalue weighted by molar-refractivity contribution is -0.151. The Kier molecular flexibility index (Phi) is 7.43. The number of allylic oxidation sites excluding steroid dienone is 1. The van der Waals surface area contributed by atoms with Gasteiger partial charge in [0.15, 0.2) is 6.04 Å². The summed E-state index contributed by atoms with van der Waals surface area (Å²) in [6.45, 7) is 11.0. The molecule has 0 fully saturated rings. The molecule has 8 heteroatoms. The van der Waals surface area contributed by atoms with Crippen molar-refractivity contribution in [3.05, 3.63) is 11.3 Å². The molecular weight excluding hydrogens is 316 g/mol. The summed E-state index contributed by atoms with van der Waals surface area (Å²) < 4.78 is 9.69. The van der Waals surface area contributed by atoms with E-state index in [0.717, 1.165) is 7.11 Å². The van der Waals surface area contributed by atoms with Crippen LogP contribution in [0.2, 0.25) is 0 Å². The summed E-state index contributed by atoms with van der Waals surface area (Å²) in [7, 11) is 1.15. The highest BCUT2D eigenvalue weighted by Gasteiger charge is 2.36. The van der Waals surface area contributed by atoms with E-state index in [2.05, 4.69) is 15.4 Å². The summed E-state index contributed by atoms with van der Waals surface area (Å²) in [5.74, 6) is -1.54. The first-order valence-corrected chi connectivity index (χ1v) is 7.47. The highest BCUT2D eigenvalue weighted by molar-refractivity contribution is 5.99. The van der Waals surface area contributed by atoms with Gasteiger partial charge in [0.2, 0.25) is 0 Å². The van der Waals surface area contributed by atoms with Crippen LogP contribution < -0.4 is 10.6 Å². The van der Waals surface area contributed by atoms with Gasteiger partial charge >= 0.3 is 12.1 Å². The predicted octanol–water partition coefficient (Wildman–Crippen LogP) is 1.23.